The molecule has 1 amide bonds. The SMILES string of the molecule is Cc1ccc(-c2nnc(SCC(=O)N/N=C\c3ccc(C(C)C)cc3)n2C2CCCCC2)cc1. The Bertz CT molecular complexity index is 1110. The smallest absolute Gasteiger partial charge is 0.250 e. The molecule has 1 fully saturated rings. The lowest BCUT2D eigenvalue weighted by Gasteiger charge is -2.25. The molecule has 1 aliphatic carbocycles. The number of hydrogen-bond donors (Lipinski definition) is 1. The number of rotatable bonds is 8. The first kappa shape index (κ1) is 24.2. The normalized spacial score (nSPS) is 14.7. The van der Waals surface area contributed by atoms with Gasteiger partial charge in [-0.3, -0.25) is 9.36 Å². The summed E-state index contributed by atoms with van der Waals surface area (Å²) >= 11 is 1.42. The number of hydrogen-bond acceptors (Lipinski definition) is 5. The minimum absolute atomic E-state index is 0.157. The zero-order chi connectivity index (χ0) is 23.9. The highest BCUT2D eigenvalue weighted by Crippen LogP contribution is 2.35. The van der Waals surface area contributed by atoms with Gasteiger partial charge >= 0.3 is 0 Å². The molecular formula is C27H33N5OS. The lowest BCUT2D eigenvalue weighted by molar-refractivity contribution is -0.118. The number of carbonyl (C=O) groups is 1. The largest absolute Gasteiger partial charge is 0.299 e. The highest BCUT2D eigenvalue weighted by Gasteiger charge is 2.24. The van der Waals surface area contributed by atoms with Gasteiger partial charge < -0.3 is 0 Å². The number of hydrazone groups is 1. The Balaban J connectivity index is 1.41. The number of amides is 1. The lowest BCUT2D eigenvalue weighted by atomic mass is 9.95. The van der Waals surface area contributed by atoms with Gasteiger partial charge in [0.1, 0.15) is 0 Å². The summed E-state index contributed by atoms with van der Waals surface area (Å²) < 4.78 is 2.25. The molecule has 4 rings (SSSR count). The Kier molecular flexibility index (Phi) is 8.16. The maximum atomic E-state index is 12.4. The molecule has 1 saturated carbocycles. The summed E-state index contributed by atoms with van der Waals surface area (Å²) in [5.74, 6) is 1.46. The Morgan fingerprint density at radius 3 is 2.47 bits per heavy atom. The third-order valence-electron chi connectivity index (χ3n) is 6.25. The number of nitrogens with zero attached hydrogens (tertiary/aromatic N) is 4. The molecule has 1 heterocycles. The Hall–Kier alpha value is -2.93. The average Bonchev–Trinajstić information content (AvgIpc) is 3.28. The first-order valence-electron chi connectivity index (χ1n) is 12.1. The first-order valence-corrected chi connectivity index (χ1v) is 13.1. The van der Waals surface area contributed by atoms with Gasteiger partial charge in [-0.2, -0.15) is 5.10 Å². The van der Waals surface area contributed by atoms with Crippen LogP contribution in [0.15, 0.2) is 58.8 Å². The van der Waals surface area contributed by atoms with Crippen LogP contribution in [0, 0.1) is 6.92 Å². The van der Waals surface area contributed by atoms with Crippen molar-refractivity contribution in [2.24, 2.45) is 5.10 Å². The molecule has 2 aromatic carbocycles. The summed E-state index contributed by atoms with van der Waals surface area (Å²) in [5, 5.41) is 13.9. The van der Waals surface area contributed by atoms with Gasteiger partial charge in [-0.25, -0.2) is 5.43 Å². The average molecular weight is 476 g/mol. The van der Waals surface area contributed by atoms with E-state index < -0.39 is 0 Å². The van der Waals surface area contributed by atoms with E-state index in [1.807, 2.05) is 12.1 Å². The molecule has 0 aliphatic heterocycles. The molecule has 0 unspecified atom stereocenters. The molecule has 6 nitrogen and oxygen atoms in total. The van der Waals surface area contributed by atoms with E-state index in [1.165, 1.54) is 42.2 Å². The van der Waals surface area contributed by atoms with Crippen molar-refractivity contribution in [2.45, 2.75) is 70.0 Å². The second-order valence-electron chi connectivity index (χ2n) is 9.24. The number of carbonyl (C=O) groups excluding carboxylic acids is 1. The zero-order valence-electron chi connectivity index (χ0n) is 20.2. The topological polar surface area (TPSA) is 72.2 Å². The van der Waals surface area contributed by atoms with E-state index in [9.17, 15) is 4.79 Å². The zero-order valence-corrected chi connectivity index (χ0v) is 21.0. The van der Waals surface area contributed by atoms with E-state index in [-0.39, 0.29) is 11.7 Å². The number of aryl methyl sites for hydroxylation is 1. The standard InChI is InChI=1S/C27H33N5OS/c1-19(2)22-15-11-21(12-16-22)17-28-29-25(33)18-34-27-31-30-26(23-13-9-20(3)10-14-23)32(27)24-7-5-4-6-8-24/h9-17,19,24H,4-8,18H2,1-3H3,(H,29,33)/b28-17-. The predicted molar refractivity (Wildman–Crippen MR) is 139 cm³/mol. The Morgan fingerprint density at radius 2 is 1.79 bits per heavy atom. The molecule has 3 aromatic rings. The third kappa shape index (κ3) is 6.14. The fourth-order valence-corrected chi connectivity index (χ4v) is 5.05. The molecule has 0 atom stereocenters. The molecule has 0 saturated heterocycles. The summed E-state index contributed by atoms with van der Waals surface area (Å²) in [5.41, 5.74) is 7.15. The number of aromatic nitrogens is 3. The van der Waals surface area contributed by atoms with E-state index in [2.05, 4.69) is 82.5 Å². The molecule has 7 heteroatoms. The highest BCUT2D eigenvalue weighted by molar-refractivity contribution is 7.99. The van der Waals surface area contributed by atoms with Crippen LogP contribution in [0.3, 0.4) is 0 Å². The van der Waals surface area contributed by atoms with E-state index >= 15 is 0 Å². The molecular weight excluding hydrogens is 442 g/mol. The van der Waals surface area contributed by atoms with Crippen LogP contribution in [0.5, 0.6) is 0 Å². The molecule has 178 valence electrons. The molecule has 1 aliphatic rings. The number of thioether (sulfide) groups is 1. The summed E-state index contributed by atoms with van der Waals surface area (Å²) in [6.07, 6.45) is 7.63. The molecule has 0 bridgehead atoms. The molecule has 1 aromatic heterocycles. The van der Waals surface area contributed by atoms with Gasteiger partial charge in [0.05, 0.1) is 12.0 Å². The van der Waals surface area contributed by atoms with Crippen molar-refractivity contribution < 1.29 is 4.79 Å². The van der Waals surface area contributed by atoms with Gasteiger partial charge in [-0.05, 0) is 36.8 Å². The third-order valence-corrected chi connectivity index (χ3v) is 7.20. The van der Waals surface area contributed by atoms with Crippen LogP contribution < -0.4 is 5.43 Å². The van der Waals surface area contributed by atoms with Crippen LogP contribution in [-0.4, -0.2) is 32.6 Å². The Labute approximate surface area is 206 Å². The maximum absolute atomic E-state index is 12.4. The van der Waals surface area contributed by atoms with Gasteiger partial charge in [0.2, 0.25) is 0 Å². The molecule has 34 heavy (non-hydrogen) atoms. The van der Waals surface area contributed by atoms with Crippen molar-refractivity contribution in [3.63, 3.8) is 0 Å². The summed E-state index contributed by atoms with van der Waals surface area (Å²) in [7, 11) is 0. The van der Waals surface area contributed by atoms with Crippen molar-refractivity contribution in [2.75, 3.05) is 5.75 Å². The number of nitrogens with one attached hydrogen (secondary N) is 1. The molecule has 1 N–H and O–H groups in total. The summed E-state index contributed by atoms with van der Waals surface area (Å²) in [4.78, 5) is 12.4. The summed E-state index contributed by atoms with van der Waals surface area (Å²) in [6.45, 7) is 6.41. The van der Waals surface area contributed by atoms with Gasteiger partial charge in [0.25, 0.3) is 5.91 Å². The van der Waals surface area contributed by atoms with Crippen molar-refractivity contribution in [1.29, 1.82) is 0 Å². The molecule has 0 spiro atoms. The predicted octanol–water partition coefficient (Wildman–Crippen LogP) is 6.12. The highest BCUT2D eigenvalue weighted by atomic mass is 32.2. The Morgan fingerprint density at radius 1 is 1.09 bits per heavy atom. The lowest BCUT2D eigenvalue weighted by Crippen LogP contribution is -2.20. The minimum atomic E-state index is -0.157. The quantitative estimate of drug-likeness (QED) is 0.242. The van der Waals surface area contributed by atoms with Gasteiger partial charge in [0, 0.05) is 11.6 Å². The fourth-order valence-electron chi connectivity index (χ4n) is 4.25. The van der Waals surface area contributed by atoms with Crippen LogP contribution in [0.2, 0.25) is 0 Å². The molecule has 0 radical (unpaired) electrons. The van der Waals surface area contributed by atoms with Crippen molar-refractivity contribution >= 4 is 23.9 Å². The fraction of sp³-hybridized carbons (Fsp3) is 0.407. The maximum Gasteiger partial charge on any atom is 0.250 e. The van der Waals surface area contributed by atoms with E-state index in [4.69, 9.17) is 0 Å². The van der Waals surface area contributed by atoms with E-state index in [0.29, 0.717) is 12.0 Å². The van der Waals surface area contributed by atoms with Crippen molar-refractivity contribution in [1.82, 2.24) is 20.2 Å². The number of benzene rings is 2. The van der Waals surface area contributed by atoms with Crippen LogP contribution in [0.1, 0.15) is 74.6 Å². The van der Waals surface area contributed by atoms with Crippen molar-refractivity contribution in [3.05, 3.63) is 65.2 Å². The second-order valence-corrected chi connectivity index (χ2v) is 10.2. The van der Waals surface area contributed by atoms with E-state index in [1.54, 1.807) is 6.21 Å². The first-order chi connectivity index (χ1) is 16.5. The van der Waals surface area contributed by atoms with Crippen LogP contribution in [0.25, 0.3) is 11.4 Å². The van der Waals surface area contributed by atoms with Gasteiger partial charge in [-0.1, -0.05) is 99.0 Å². The van der Waals surface area contributed by atoms with E-state index in [0.717, 1.165) is 34.9 Å². The summed E-state index contributed by atoms with van der Waals surface area (Å²) in [6, 6.07) is 17.0. The van der Waals surface area contributed by atoms with Gasteiger partial charge in [0.15, 0.2) is 11.0 Å². The second kappa shape index (κ2) is 11.5. The van der Waals surface area contributed by atoms with Gasteiger partial charge in [-0.15, -0.1) is 10.2 Å². The monoisotopic (exact) mass is 475 g/mol. The van der Waals surface area contributed by atoms with Crippen molar-refractivity contribution in [3.8, 4) is 11.4 Å². The van der Waals surface area contributed by atoms with Crippen LogP contribution >= 0.6 is 11.8 Å². The van der Waals surface area contributed by atoms with Crippen LogP contribution in [0.4, 0.5) is 0 Å². The van der Waals surface area contributed by atoms with Crippen LogP contribution in [-0.2, 0) is 4.79 Å². The minimum Gasteiger partial charge on any atom is -0.299 e.